The first kappa shape index (κ1) is 17.0. The van der Waals surface area contributed by atoms with Gasteiger partial charge in [-0.05, 0) is 39.5 Å². The van der Waals surface area contributed by atoms with E-state index in [1.165, 1.54) is 0 Å². The predicted molar refractivity (Wildman–Crippen MR) is 76.2 cm³/mol. The van der Waals surface area contributed by atoms with Crippen LogP contribution in [0.1, 0.15) is 53.9 Å². The Bertz CT molecular complexity index is 342. The highest BCUT2D eigenvalue weighted by Gasteiger charge is 2.33. The number of nitrogens with one attached hydrogen (secondary N) is 1. The van der Waals surface area contributed by atoms with E-state index in [2.05, 4.69) is 5.32 Å². The molecule has 0 aromatic rings. The van der Waals surface area contributed by atoms with E-state index in [-0.39, 0.29) is 17.8 Å². The number of hydrogen-bond acceptors (Lipinski definition) is 4. The van der Waals surface area contributed by atoms with Crippen molar-refractivity contribution in [1.29, 1.82) is 0 Å². The van der Waals surface area contributed by atoms with E-state index in [9.17, 15) is 9.59 Å². The monoisotopic (exact) mass is 285 g/mol. The average molecular weight is 285 g/mol. The van der Waals surface area contributed by atoms with Crippen molar-refractivity contribution in [3.63, 3.8) is 0 Å². The van der Waals surface area contributed by atoms with Gasteiger partial charge in [0.2, 0.25) is 5.91 Å². The molecule has 0 aromatic carbocycles. The Balaban J connectivity index is 2.68. The van der Waals surface area contributed by atoms with Gasteiger partial charge in [-0.3, -0.25) is 4.79 Å². The number of carbonyl (C=O) groups is 2. The molecule has 1 amide bonds. The van der Waals surface area contributed by atoms with Crippen LogP contribution >= 0.6 is 0 Å². The maximum Gasteiger partial charge on any atom is 0.329 e. The van der Waals surface area contributed by atoms with Crippen LogP contribution in [-0.2, 0) is 19.1 Å². The van der Waals surface area contributed by atoms with E-state index < -0.39 is 17.7 Å². The topological polar surface area (TPSA) is 64.6 Å². The fraction of sp³-hybridized carbons (Fsp3) is 0.867. The predicted octanol–water partition coefficient (Wildman–Crippen LogP) is 2.04. The molecule has 5 heteroatoms. The number of hydrogen-bond donors (Lipinski definition) is 1. The van der Waals surface area contributed by atoms with Gasteiger partial charge < -0.3 is 14.8 Å². The molecule has 1 aliphatic heterocycles. The van der Waals surface area contributed by atoms with Crippen LogP contribution in [0.3, 0.4) is 0 Å². The van der Waals surface area contributed by atoms with Gasteiger partial charge >= 0.3 is 5.97 Å². The van der Waals surface area contributed by atoms with Gasteiger partial charge in [0.05, 0.1) is 0 Å². The van der Waals surface area contributed by atoms with E-state index in [1.807, 2.05) is 34.6 Å². The Kier molecular flexibility index (Phi) is 5.99. The second-order valence-electron chi connectivity index (χ2n) is 6.41. The van der Waals surface area contributed by atoms with E-state index in [4.69, 9.17) is 9.47 Å². The van der Waals surface area contributed by atoms with Crippen molar-refractivity contribution in [2.24, 2.45) is 5.92 Å². The molecular formula is C15H27NO4. The van der Waals surface area contributed by atoms with Gasteiger partial charge in [0.1, 0.15) is 17.7 Å². The Morgan fingerprint density at radius 2 is 2.05 bits per heavy atom. The molecule has 0 saturated carbocycles. The van der Waals surface area contributed by atoms with Crippen molar-refractivity contribution in [1.82, 2.24) is 5.32 Å². The summed E-state index contributed by atoms with van der Waals surface area (Å²) in [5, 5.41) is 2.79. The molecule has 0 aromatic heterocycles. The van der Waals surface area contributed by atoms with Crippen LogP contribution in [0.15, 0.2) is 0 Å². The fourth-order valence-corrected chi connectivity index (χ4v) is 2.07. The molecule has 0 spiro atoms. The highest BCUT2D eigenvalue weighted by atomic mass is 16.6. The van der Waals surface area contributed by atoms with Crippen LogP contribution < -0.4 is 5.32 Å². The lowest BCUT2D eigenvalue weighted by atomic mass is 9.98. The zero-order valence-electron chi connectivity index (χ0n) is 13.2. The summed E-state index contributed by atoms with van der Waals surface area (Å²) in [5.41, 5.74) is -0.558. The first-order valence-electron chi connectivity index (χ1n) is 7.39. The first-order chi connectivity index (χ1) is 9.24. The Labute approximate surface area is 121 Å². The van der Waals surface area contributed by atoms with E-state index in [0.29, 0.717) is 13.0 Å². The zero-order valence-corrected chi connectivity index (χ0v) is 13.2. The van der Waals surface area contributed by atoms with Crippen LogP contribution in [0.5, 0.6) is 0 Å². The Morgan fingerprint density at radius 3 is 2.50 bits per heavy atom. The SMILES string of the molecule is CC[C@H](C)[C@H](NC(=O)[C@@H]1CCCO1)C(=O)OC(C)(C)C. The van der Waals surface area contributed by atoms with Gasteiger partial charge in [0.25, 0.3) is 0 Å². The summed E-state index contributed by atoms with van der Waals surface area (Å²) in [4.78, 5) is 24.3. The van der Waals surface area contributed by atoms with Crippen molar-refractivity contribution in [3.05, 3.63) is 0 Å². The number of ether oxygens (including phenoxy) is 2. The summed E-state index contributed by atoms with van der Waals surface area (Å²) in [6, 6.07) is -0.615. The van der Waals surface area contributed by atoms with Gasteiger partial charge in [-0.2, -0.15) is 0 Å². The molecule has 5 nitrogen and oxygen atoms in total. The molecule has 0 radical (unpaired) electrons. The van der Waals surface area contributed by atoms with Crippen LogP contribution in [0, 0.1) is 5.92 Å². The van der Waals surface area contributed by atoms with Crippen molar-refractivity contribution < 1.29 is 19.1 Å². The third-order valence-corrected chi connectivity index (χ3v) is 3.39. The first-order valence-corrected chi connectivity index (χ1v) is 7.39. The summed E-state index contributed by atoms with van der Waals surface area (Å²) in [5.74, 6) is -0.563. The van der Waals surface area contributed by atoms with E-state index in [1.54, 1.807) is 0 Å². The average Bonchev–Trinajstić information content (AvgIpc) is 2.86. The molecule has 1 heterocycles. The number of rotatable bonds is 5. The van der Waals surface area contributed by atoms with Gasteiger partial charge in [-0.1, -0.05) is 20.3 Å². The summed E-state index contributed by atoms with van der Waals surface area (Å²) in [6.07, 6.45) is 1.96. The standard InChI is InChI=1S/C15H27NO4/c1-6-10(2)12(14(18)20-15(3,4)5)16-13(17)11-8-7-9-19-11/h10-12H,6-9H2,1-5H3,(H,16,17)/t10-,11-,12-/m0/s1. The number of esters is 1. The Hall–Kier alpha value is -1.10. The smallest absolute Gasteiger partial charge is 0.329 e. The third kappa shape index (κ3) is 5.12. The van der Waals surface area contributed by atoms with Crippen LogP contribution in [0.25, 0.3) is 0 Å². The second-order valence-corrected chi connectivity index (χ2v) is 6.41. The molecule has 0 aliphatic carbocycles. The largest absolute Gasteiger partial charge is 0.458 e. The molecule has 20 heavy (non-hydrogen) atoms. The lowest BCUT2D eigenvalue weighted by molar-refractivity contribution is -0.160. The molecule has 0 unspecified atom stereocenters. The minimum atomic E-state index is -0.615. The molecule has 1 aliphatic rings. The fourth-order valence-electron chi connectivity index (χ4n) is 2.07. The highest BCUT2D eigenvalue weighted by molar-refractivity contribution is 5.87. The third-order valence-electron chi connectivity index (χ3n) is 3.39. The van der Waals surface area contributed by atoms with Crippen LogP contribution in [0.2, 0.25) is 0 Å². The van der Waals surface area contributed by atoms with Crippen molar-refractivity contribution >= 4 is 11.9 Å². The van der Waals surface area contributed by atoms with Gasteiger partial charge in [0, 0.05) is 6.61 Å². The van der Waals surface area contributed by atoms with Gasteiger partial charge in [-0.25, -0.2) is 4.79 Å². The summed E-state index contributed by atoms with van der Waals surface area (Å²) in [6.45, 7) is 9.99. The minimum Gasteiger partial charge on any atom is -0.458 e. The van der Waals surface area contributed by atoms with Crippen LogP contribution in [-0.4, -0.2) is 36.2 Å². The summed E-state index contributed by atoms with van der Waals surface area (Å²) in [7, 11) is 0. The number of carbonyl (C=O) groups excluding carboxylic acids is 2. The number of amides is 1. The quantitative estimate of drug-likeness (QED) is 0.785. The van der Waals surface area contributed by atoms with Crippen LogP contribution in [0.4, 0.5) is 0 Å². The maximum absolute atomic E-state index is 12.2. The highest BCUT2D eigenvalue weighted by Crippen LogP contribution is 2.17. The molecule has 116 valence electrons. The van der Waals surface area contributed by atoms with Crippen molar-refractivity contribution in [3.8, 4) is 0 Å². The zero-order chi connectivity index (χ0) is 15.3. The van der Waals surface area contributed by atoms with Gasteiger partial charge in [-0.15, -0.1) is 0 Å². The van der Waals surface area contributed by atoms with Gasteiger partial charge in [0.15, 0.2) is 0 Å². The summed E-state index contributed by atoms with van der Waals surface area (Å²) < 4.78 is 10.7. The molecule has 1 rings (SSSR count). The van der Waals surface area contributed by atoms with E-state index in [0.717, 1.165) is 12.8 Å². The molecule has 1 saturated heterocycles. The minimum absolute atomic E-state index is 0.0233. The molecule has 1 N–H and O–H groups in total. The lowest BCUT2D eigenvalue weighted by Crippen LogP contribution is -2.50. The molecular weight excluding hydrogens is 258 g/mol. The normalized spacial score (nSPS) is 22.1. The second kappa shape index (κ2) is 7.07. The summed E-state index contributed by atoms with van der Waals surface area (Å²) >= 11 is 0. The molecule has 0 bridgehead atoms. The van der Waals surface area contributed by atoms with Crippen molar-refractivity contribution in [2.75, 3.05) is 6.61 Å². The Morgan fingerprint density at radius 1 is 1.40 bits per heavy atom. The maximum atomic E-state index is 12.2. The lowest BCUT2D eigenvalue weighted by Gasteiger charge is -2.28. The molecule has 1 fully saturated rings. The van der Waals surface area contributed by atoms with E-state index >= 15 is 0 Å². The van der Waals surface area contributed by atoms with Crippen molar-refractivity contribution in [2.45, 2.75) is 71.6 Å². The molecule has 3 atom stereocenters.